The molecule has 3 aliphatic rings. The highest BCUT2D eigenvalue weighted by atomic mass is 16.3. The molecule has 2 aliphatic carbocycles. The van der Waals surface area contributed by atoms with Crippen molar-refractivity contribution in [1.29, 1.82) is 0 Å². The SMILES string of the molecule is CCn1cc(CN(C(=O)[C@H]2CCC[C@@H]3C(O)CCCC32)C2CCC(C(C)C)NC2)cn1. The minimum atomic E-state index is -0.214. The summed E-state index contributed by atoms with van der Waals surface area (Å²) < 4.78 is 1.94. The van der Waals surface area contributed by atoms with E-state index in [1.165, 1.54) is 0 Å². The number of nitrogens with zero attached hydrogens (tertiary/aromatic N) is 3. The fourth-order valence-electron chi connectivity index (χ4n) is 6.43. The molecule has 4 unspecified atom stereocenters. The van der Waals surface area contributed by atoms with Crippen LogP contribution in [0.25, 0.3) is 0 Å². The van der Waals surface area contributed by atoms with E-state index in [9.17, 15) is 9.90 Å². The standard InChI is InChI=1S/C25H42N4O2/c1-4-28-15-18(13-27-28)16-29(19-11-12-23(17(2)3)26-14-19)25(31)22-9-5-8-21-20(22)7-6-10-24(21)30/h13,15,17,19-24,26,30H,4-12,14,16H2,1-3H3/t19?,20?,21-,22-,23?,24?/m0/s1. The van der Waals surface area contributed by atoms with Crippen molar-refractivity contribution < 1.29 is 9.90 Å². The van der Waals surface area contributed by atoms with Gasteiger partial charge in [-0.2, -0.15) is 5.10 Å². The highest BCUT2D eigenvalue weighted by molar-refractivity contribution is 5.79. The zero-order chi connectivity index (χ0) is 22.0. The van der Waals surface area contributed by atoms with Crippen LogP contribution >= 0.6 is 0 Å². The van der Waals surface area contributed by atoms with Crippen molar-refractivity contribution in [1.82, 2.24) is 20.0 Å². The molecule has 6 atom stereocenters. The van der Waals surface area contributed by atoms with Gasteiger partial charge in [0.05, 0.1) is 12.3 Å². The third-order valence-electron chi connectivity index (χ3n) is 8.29. The van der Waals surface area contributed by atoms with Gasteiger partial charge in [-0.05, 0) is 63.2 Å². The molecule has 0 spiro atoms. The third-order valence-corrected chi connectivity index (χ3v) is 8.29. The van der Waals surface area contributed by atoms with Gasteiger partial charge in [-0.3, -0.25) is 9.48 Å². The molecular formula is C25H42N4O2. The monoisotopic (exact) mass is 430 g/mol. The van der Waals surface area contributed by atoms with Crippen molar-refractivity contribution in [2.75, 3.05) is 6.54 Å². The molecule has 0 bridgehead atoms. The van der Waals surface area contributed by atoms with E-state index < -0.39 is 0 Å². The summed E-state index contributed by atoms with van der Waals surface area (Å²) in [7, 11) is 0. The second kappa shape index (κ2) is 10.0. The number of aromatic nitrogens is 2. The van der Waals surface area contributed by atoms with Gasteiger partial charge in [-0.1, -0.05) is 26.7 Å². The second-order valence-corrected chi connectivity index (χ2v) is 10.5. The number of aliphatic hydroxyl groups excluding tert-OH is 1. The first-order valence-electron chi connectivity index (χ1n) is 12.7. The maximum Gasteiger partial charge on any atom is 0.226 e. The summed E-state index contributed by atoms with van der Waals surface area (Å²) in [5.41, 5.74) is 1.12. The number of rotatable bonds is 6. The first kappa shape index (κ1) is 22.8. The normalized spacial score (nSPS) is 33.8. The van der Waals surface area contributed by atoms with Crippen LogP contribution in [0.3, 0.4) is 0 Å². The lowest BCUT2D eigenvalue weighted by molar-refractivity contribution is -0.146. The van der Waals surface area contributed by atoms with E-state index in [2.05, 4.69) is 42.3 Å². The molecule has 2 heterocycles. The van der Waals surface area contributed by atoms with Crippen LogP contribution < -0.4 is 5.32 Å². The molecule has 6 heteroatoms. The first-order valence-corrected chi connectivity index (χ1v) is 12.7. The fraction of sp³-hybridized carbons (Fsp3) is 0.840. The molecule has 0 radical (unpaired) electrons. The highest BCUT2D eigenvalue weighted by Crippen LogP contribution is 2.45. The Balaban J connectivity index is 1.53. The average Bonchev–Trinajstić information content (AvgIpc) is 3.25. The second-order valence-electron chi connectivity index (χ2n) is 10.5. The summed E-state index contributed by atoms with van der Waals surface area (Å²) >= 11 is 0. The lowest BCUT2D eigenvalue weighted by Gasteiger charge is -2.46. The van der Waals surface area contributed by atoms with Gasteiger partial charge in [0.25, 0.3) is 0 Å². The average molecular weight is 431 g/mol. The van der Waals surface area contributed by atoms with Crippen molar-refractivity contribution in [3.05, 3.63) is 18.0 Å². The van der Waals surface area contributed by atoms with Crippen LogP contribution in [0.4, 0.5) is 0 Å². The topological polar surface area (TPSA) is 70.4 Å². The quantitative estimate of drug-likeness (QED) is 0.724. The van der Waals surface area contributed by atoms with Gasteiger partial charge >= 0.3 is 0 Å². The lowest BCUT2D eigenvalue weighted by Crippen LogP contribution is -2.55. The van der Waals surface area contributed by atoms with Gasteiger partial charge in [0.2, 0.25) is 5.91 Å². The van der Waals surface area contributed by atoms with Gasteiger partial charge in [0.1, 0.15) is 0 Å². The van der Waals surface area contributed by atoms with Gasteiger partial charge in [-0.15, -0.1) is 0 Å². The van der Waals surface area contributed by atoms with Crippen LogP contribution in [0.1, 0.15) is 77.7 Å². The number of carbonyl (C=O) groups is 1. The van der Waals surface area contributed by atoms with Crippen LogP contribution in [0.5, 0.6) is 0 Å². The molecule has 1 aliphatic heterocycles. The number of hydrogen-bond donors (Lipinski definition) is 2. The van der Waals surface area contributed by atoms with Crippen molar-refractivity contribution in [2.24, 2.45) is 23.7 Å². The van der Waals surface area contributed by atoms with Gasteiger partial charge in [0.15, 0.2) is 0 Å². The molecule has 174 valence electrons. The number of piperidine rings is 1. The summed E-state index contributed by atoms with van der Waals surface area (Å²) in [6, 6.07) is 0.782. The maximum absolute atomic E-state index is 14.0. The molecule has 2 saturated carbocycles. The summed E-state index contributed by atoms with van der Waals surface area (Å²) in [4.78, 5) is 16.2. The molecule has 4 rings (SSSR count). The molecule has 1 amide bonds. The zero-order valence-electron chi connectivity index (χ0n) is 19.7. The Morgan fingerprint density at radius 2 is 1.97 bits per heavy atom. The Morgan fingerprint density at radius 3 is 2.65 bits per heavy atom. The van der Waals surface area contributed by atoms with Crippen LogP contribution in [-0.2, 0) is 17.9 Å². The first-order chi connectivity index (χ1) is 15.0. The number of hydrogen-bond acceptors (Lipinski definition) is 4. The van der Waals surface area contributed by atoms with E-state index in [-0.39, 0.29) is 18.1 Å². The Labute approximate surface area is 187 Å². The predicted octanol–water partition coefficient (Wildman–Crippen LogP) is 3.59. The zero-order valence-corrected chi connectivity index (χ0v) is 19.7. The maximum atomic E-state index is 14.0. The van der Waals surface area contributed by atoms with E-state index in [1.54, 1.807) is 0 Å². The minimum absolute atomic E-state index is 0.0674. The predicted molar refractivity (Wildman–Crippen MR) is 122 cm³/mol. The minimum Gasteiger partial charge on any atom is -0.393 e. The number of nitrogens with one attached hydrogen (secondary N) is 1. The molecule has 3 fully saturated rings. The van der Waals surface area contributed by atoms with E-state index in [1.807, 2.05) is 10.9 Å². The summed E-state index contributed by atoms with van der Waals surface area (Å²) in [5, 5.41) is 18.8. The van der Waals surface area contributed by atoms with Gasteiger partial charge in [0, 0.05) is 49.4 Å². The van der Waals surface area contributed by atoms with Crippen molar-refractivity contribution in [3.63, 3.8) is 0 Å². The number of aliphatic hydroxyl groups is 1. The number of fused-ring (bicyclic) bond motifs is 1. The molecule has 0 aromatic carbocycles. The highest BCUT2D eigenvalue weighted by Gasteiger charge is 2.44. The van der Waals surface area contributed by atoms with E-state index in [0.717, 1.165) is 70.0 Å². The van der Waals surface area contributed by atoms with E-state index in [4.69, 9.17) is 0 Å². The van der Waals surface area contributed by atoms with Crippen LogP contribution in [0.15, 0.2) is 12.4 Å². The fourth-order valence-corrected chi connectivity index (χ4v) is 6.43. The number of amides is 1. The molecule has 1 aromatic heterocycles. The lowest BCUT2D eigenvalue weighted by atomic mass is 9.64. The van der Waals surface area contributed by atoms with E-state index >= 15 is 0 Å². The Bertz CT molecular complexity index is 725. The molecular weight excluding hydrogens is 388 g/mol. The molecule has 2 N–H and O–H groups in total. The van der Waals surface area contributed by atoms with Crippen molar-refractivity contribution in [2.45, 2.75) is 103 Å². The summed E-state index contributed by atoms with van der Waals surface area (Å²) in [5.74, 6) is 1.68. The largest absolute Gasteiger partial charge is 0.393 e. The molecule has 6 nitrogen and oxygen atoms in total. The Kier molecular flexibility index (Phi) is 7.37. The van der Waals surface area contributed by atoms with Crippen molar-refractivity contribution in [3.8, 4) is 0 Å². The number of aryl methyl sites for hydroxylation is 1. The molecule has 1 aromatic rings. The third kappa shape index (κ3) is 5.00. The Hall–Kier alpha value is -1.40. The molecule has 31 heavy (non-hydrogen) atoms. The summed E-state index contributed by atoms with van der Waals surface area (Å²) in [6.45, 7) is 9.01. The van der Waals surface area contributed by atoms with Gasteiger partial charge in [-0.25, -0.2) is 0 Å². The smallest absolute Gasteiger partial charge is 0.226 e. The summed E-state index contributed by atoms with van der Waals surface area (Å²) in [6.07, 6.45) is 12.2. The van der Waals surface area contributed by atoms with E-state index in [0.29, 0.717) is 36.2 Å². The van der Waals surface area contributed by atoms with Crippen LogP contribution in [-0.4, -0.2) is 50.4 Å². The molecule has 1 saturated heterocycles. The Morgan fingerprint density at radius 1 is 1.19 bits per heavy atom. The number of carbonyl (C=O) groups excluding carboxylic acids is 1. The van der Waals surface area contributed by atoms with Crippen LogP contribution in [0.2, 0.25) is 0 Å². The van der Waals surface area contributed by atoms with Gasteiger partial charge < -0.3 is 15.3 Å². The van der Waals surface area contributed by atoms with Crippen LogP contribution in [0, 0.1) is 23.7 Å². The van der Waals surface area contributed by atoms with Crippen molar-refractivity contribution >= 4 is 5.91 Å².